The van der Waals surface area contributed by atoms with Crippen molar-refractivity contribution in [1.29, 1.82) is 0 Å². The molecule has 14 nitrogen and oxygen atoms in total. The highest BCUT2D eigenvalue weighted by Crippen LogP contribution is 2.38. The van der Waals surface area contributed by atoms with Crippen LogP contribution in [0.2, 0.25) is 0 Å². The molecule has 5 atom stereocenters. The Kier molecular flexibility index (Phi) is 12.0. The van der Waals surface area contributed by atoms with E-state index in [1.54, 1.807) is 6.08 Å². The zero-order valence-corrected chi connectivity index (χ0v) is 27.6. The van der Waals surface area contributed by atoms with Gasteiger partial charge in [0, 0.05) is 45.7 Å². The number of morpholine rings is 1. The molecule has 0 aromatic carbocycles. The second-order valence-corrected chi connectivity index (χ2v) is 13.4. The smallest absolute Gasteiger partial charge is 0.303 e. The molecule has 44 heavy (non-hydrogen) atoms. The number of amidine groups is 1. The van der Waals surface area contributed by atoms with Crippen molar-refractivity contribution >= 4 is 80.1 Å². The summed E-state index contributed by atoms with van der Waals surface area (Å²) in [4.78, 5) is 70.8. The summed E-state index contributed by atoms with van der Waals surface area (Å²) in [5, 5.41) is 0.240. The first-order valence-corrected chi connectivity index (χ1v) is 16.0. The zero-order chi connectivity index (χ0) is 32.0. The van der Waals surface area contributed by atoms with E-state index in [1.165, 1.54) is 30.1 Å². The molecule has 0 spiro atoms. The van der Waals surface area contributed by atoms with Crippen molar-refractivity contribution in [2.75, 3.05) is 39.6 Å². The first kappa shape index (κ1) is 34.1. The third-order valence-corrected chi connectivity index (χ3v) is 9.10. The van der Waals surface area contributed by atoms with Crippen molar-refractivity contribution in [3.8, 4) is 0 Å². The number of amides is 1. The first-order chi connectivity index (χ1) is 20.9. The zero-order valence-electron chi connectivity index (χ0n) is 24.4. The van der Waals surface area contributed by atoms with Crippen molar-refractivity contribution in [2.45, 2.75) is 57.5 Å². The van der Waals surface area contributed by atoms with Crippen LogP contribution in [-0.4, -0.2) is 114 Å². The van der Waals surface area contributed by atoms with Crippen LogP contribution >= 0.6 is 39.0 Å². The predicted molar refractivity (Wildman–Crippen MR) is 161 cm³/mol. The lowest BCUT2D eigenvalue weighted by molar-refractivity contribution is -0.237. The van der Waals surface area contributed by atoms with Gasteiger partial charge in [0.15, 0.2) is 28.9 Å². The normalized spacial score (nSPS) is 26.7. The molecule has 0 bridgehead atoms. The molecule has 0 radical (unpaired) electrons. The van der Waals surface area contributed by atoms with Crippen LogP contribution in [0.1, 0.15) is 32.6 Å². The maximum absolute atomic E-state index is 13.7. The molecule has 3 aliphatic rings. The minimum absolute atomic E-state index is 0.181. The second-order valence-electron chi connectivity index (χ2n) is 9.86. The van der Waals surface area contributed by atoms with Crippen molar-refractivity contribution < 1.29 is 52.4 Å². The number of rotatable bonds is 9. The summed E-state index contributed by atoms with van der Waals surface area (Å²) in [6, 6.07) is 3.71. The Balaban J connectivity index is 1.72. The number of nitrogens with zero attached hydrogens (tertiary/aromatic N) is 3. The Morgan fingerprint density at radius 1 is 1.00 bits per heavy atom. The lowest BCUT2D eigenvalue weighted by Gasteiger charge is -2.44. The Bertz CT molecular complexity index is 1330. The molecule has 2 fully saturated rings. The van der Waals surface area contributed by atoms with E-state index in [-0.39, 0.29) is 30.0 Å². The van der Waals surface area contributed by atoms with Gasteiger partial charge in [-0.1, -0.05) is 11.8 Å². The van der Waals surface area contributed by atoms with Gasteiger partial charge in [-0.3, -0.25) is 33.8 Å². The van der Waals surface area contributed by atoms with E-state index in [9.17, 15) is 24.0 Å². The fourth-order valence-electron chi connectivity index (χ4n) is 4.62. The molecule has 3 aliphatic heterocycles. The quantitative estimate of drug-likeness (QED) is 0.208. The maximum Gasteiger partial charge on any atom is 0.303 e. The van der Waals surface area contributed by atoms with Gasteiger partial charge in [-0.25, -0.2) is 4.99 Å². The number of hydrogen-bond donors (Lipinski definition) is 0. The van der Waals surface area contributed by atoms with Crippen molar-refractivity contribution in [2.24, 2.45) is 4.99 Å². The standard InChI is InChI=1S/C27H32BrN3O11S2/c1-14(32)38-12-20-22(39-15(2)33)23(40-16(3)34)24(41-17(4)35)26(42-20)44-27-29-19(11-18-5-6-21(28)43-18)25(36)31(27)13-30-7-9-37-10-8-30/h5-6,11,20,22-24,26H,7-10,12-13H2,1-4H3. The van der Waals surface area contributed by atoms with Gasteiger partial charge in [-0.15, -0.1) is 11.3 Å². The Hall–Kier alpha value is -2.83. The van der Waals surface area contributed by atoms with Gasteiger partial charge in [0.05, 0.1) is 23.7 Å². The number of aliphatic imine (C=N–C) groups is 1. The van der Waals surface area contributed by atoms with Crippen molar-refractivity contribution in [3.63, 3.8) is 0 Å². The summed E-state index contributed by atoms with van der Waals surface area (Å²) in [7, 11) is 0. The second kappa shape index (κ2) is 15.4. The molecular weight excluding hydrogens is 686 g/mol. The van der Waals surface area contributed by atoms with Gasteiger partial charge in [-0.05, 0) is 34.1 Å². The van der Waals surface area contributed by atoms with E-state index >= 15 is 0 Å². The predicted octanol–water partition coefficient (Wildman–Crippen LogP) is 2.16. The summed E-state index contributed by atoms with van der Waals surface area (Å²) in [6.07, 6.45) is -3.38. The van der Waals surface area contributed by atoms with E-state index < -0.39 is 53.7 Å². The molecule has 1 aromatic rings. The molecule has 1 amide bonds. The van der Waals surface area contributed by atoms with Crippen LogP contribution in [0.5, 0.6) is 0 Å². The van der Waals surface area contributed by atoms with Crippen LogP contribution in [0.4, 0.5) is 0 Å². The van der Waals surface area contributed by atoms with Gasteiger partial charge in [0.1, 0.15) is 18.4 Å². The fraction of sp³-hybridized carbons (Fsp3) is 0.556. The number of carbonyl (C=O) groups is 5. The molecule has 0 aliphatic carbocycles. The van der Waals surface area contributed by atoms with E-state index in [2.05, 4.69) is 20.9 Å². The van der Waals surface area contributed by atoms with Gasteiger partial charge in [0.2, 0.25) is 0 Å². The van der Waals surface area contributed by atoms with Crippen molar-refractivity contribution in [3.05, 3.63) is 26.5 Å². The fourth-order valence-corrected chi connectivity index (χ4v) is 7.15. The number of ether oxygens (including phenoxy) is 6. The van der Waals surface area contributed by atoms with Crippen LogP contribution in [0, 0.1) is 0 Å². The number of esters is 4. The Morgan fingerprint density at radius 3 is 2.23 bits per heavy atom. The molecular formula is C27H32BrN3O11S2. The van der Waals surface area contributed by atoms with Gasteiger partial charge in [-0.2, -0.15) is 0 Å². The molecule has 0 saturated carbocycles. The maximum atomic E-state index is 13.7. The molecule has 5 unspecified atom stereocenters. The van der Waals surface area contributed by atoms with E-state index in [0.717, 1.165) is 34.3 Å². The van der Waals surface area contributed by atoms with Crippen LogP contribution in [0.25, 0.3) is 6.08 Å². The topological polar surface area (TPSA) is 160 Å². The number of thioether (sulfide) groups is 1. The third-order valence-electron chi connectivity index (χ3n) is 6.40. The molecule has 240 valence electrons. The molecule has 1 aromatic heterocycles. The molecule has 17 heteroatoms. The van der Waals surface area contributed by atoms with E-state index in [1.807, 2.05) is 17.0 Å². The average molecular weight is 719 g/mol. The SMILES string of the molecule is CC(=O)OCC1OC(SC2=NC(=Cc3ccc(Br)s3)C(=O)N2CN2CCOCC2)C(OC(C)=O)C(OC(C)=O)C1OC(C)=O. The summed E-state index contributed by atoms with van der Waals surface area (Å²) in [6.45, 7) is 6.70. The van der Waals surface area contributed by atoms with Crippen LogP contribution in [0.15, 0.2) is 26.6 Å². The van der Waals surface area contributed by atoms with E-state index in [0.29, 0.717) is 26.3 Å². The average Bonchev–Trinajstić information content (AvgIpc) is 3.48. The number of hydrogen-bond acceptors (Lipinski definition) is 15. The monoisotopic (exact) mass is 717 g/mol. The molecule has 4 heterocycles. The Morgan fingerprint density at radius 2 is 1.64 bits per heavy atom. The third kappa shape index (κ3) is 9.10. The lowest BCUT2D eigenvalue weighted by atomic mass is 9.99. The summed E-state index contributed by atoms with van der Waals surface area (Å²) in [5.41, 5.74) is -0.953. The largest absolute Gasteiger partial charge is 0.463 e. The van der Waals surface area contributed by atoms with Crippen LogP contribution in [-0.2, 0) is 52.4 Å². The van der Waals surface area contributed by atoms with E-state index in [4.69, 9.17) is 28.4 Å². The number of thiophene rings is 1. The Labute approximate surface area is 270 Å². The minimum atomic E-state index is -1.34. The highest BCUT2D eigenvalue weighted by Gasteiger charge is 2.53. The molecule has 4 rings (SSSR count). The molecule has 2 saturated heterocycles. The summed E-state index contributed by atoms with van der Waals surface area (Å²) in [5.74, 6) is -3.17. The minimum Gasteiger partial charge on any atom is -0.463 e. The highest BCUT2D eigenvalue weighted by molar-refractivity contribution is 9.11. The first-order valence-electron chi connectivity index (χ1n) is 13.6. The van der Waals surface area contributed by atoms with Gasteiger partial charge < -0.3 is 28.4 Å². The van der Waals surface area contributed by atoms with Gasteiger partial charge in [0.25, 0.3) is 5.91 Å². The van der Waals surface area contributed by atoms with Crippen LogP contribution < -0.4 is 0 Å². The molecule has 0 N–H and O–H groups in total. The summed E-state index contributed by atoms with van der Waals surface area (Å²) >= 11 is 5.82. The van der Waals surface area contributed by atoms with Crippen LogP contribution in [0.3, 0.4) is 0 Å². The number of halogens is 1. The lowest BCUT2D eigenvalue weighted by Crippen LogP contribution is -2.62. The highest BCUT2D eigenvalue weighted by atomic mass is 79.9. The number of carbonyl (C=O) groups excluding carboxylic acids is 5. The van der Waals surface area contributed by atoms with Gasteiger partial charge >= 0.3 is 23.9 Å². The van der Waals surface area contributed by atoms with Crippen molar-refractivity contribution in [1.82, 2.24) is 9.80 Å². The summed E-state index contributed by atoms with van der Waals surface area (Å²) < 4.78 is 34.3.